The van der Waals surface area contributed by atoms with Crippen molar-refractivity contribution in [3.05, 3.63) is 11.6 Å². The number of carbonyl (C=O) groups excluding carboxylic acids is 3. The summed E-state index contributed by atoms with van der Waals surface area (Å²) in [5, 5.41) is 23.1. The second-order valence-electron chi connectivity index (χ2n) is 11.3. The van der Waals surface area contributed by atoms with Gasteiger partial charge in [-0.1, -0.05) is 19.4 Å². The number of ether oxygens (including phenoxy) is 1. The summed E-state index contributed by atoms with van der Waals surface area (Å²) in [5.74, 6) is -0.409. The molecule has 4 aliphatic rings. The molecule has 0 radical (unpaired) electrons. The Hall–Kier alpha value is -1.28. The second-order valence-corrected chi connectivity index (χ2v) is 11.3. The number of rotatable bonds is 7. The van der Waals surface area contributed by atoms with Crippen molar-refractivity contribution in [2.24, 2.45) is 34.3 Å². The fourth-order valence-corrected chi connectivity index (χ4v) is 7.90. The molecule has 0 amide bonds. The standard InChI is InChI=1S/C26H39NO6.ClH/c1-24-10-8-17(28)13-16(24)6-7-18-19-9-11-26(32,25(19,2)14-20(29)23(18)24)21(30)15-33-22(31)5-3-4-12-27;/h13,18-20,23,29,32H,3-12,14-15,27H2,1-2H3;1H/t18-,19-,20-,23+,24-,25-,26-;/m0./s1. The van der Waals surface area contributed by atoms with Crippen LogP contribution in [-0.4, -0.2) is 52.6 Å². The van der Waals surface area contributed by atoms with Gasteiger partial charge < -0.3 is 20.7 Å². The first-order chi connectivity index (χ1) is 15.6. The van der Waals surface area contributed by atoms with Crippen molar-refractivity contribution in [1.29, 1.82) is 0 Å². The van der Waals surface area contributed by atoms with Crippen LogP contribution in [0.25, 0.3) is 0 Å². The van der Waals surface area contributed by atoms with Gasteiger partial charge in [0.25, 0.3) is 0 Å². The molecule has 0 aromatic rings. The van der Waals surface area contributed by atoms with Crippen LogP contribution in [0.3, 0.4) is 0 Å². The molecule has 4 aliphatic carbocycles. The van der Waals surface area contributed by atoms with E-state index in [4.69, 9.17) is 10.5 Å². The molecular weight excluding hydrogens is 458 g/mol. The highest BCUT2D eigenvalue weighted by Gasteiger charge is 2.68. The van der Waals surface area contributed by atoms with E-state index in [0.29, 0.717) is 38.6 Å². The van der Waals surface area contributed by atoms with Crippen LogP contribution >= 0.6 is 12.4 Å². The maximum Gasteiger partial charge on any atom is 0.306 e. The molecule has 8 heteroatoms. The van der Waals surface area contributed by atoms with E-state index in [-0.39, 0.29) is 47.8 Å². The lowest BCUT2D eigenvalue weighted by Gasteiger charge is -2.60. The smallest absolute Gasteiger partial charge is 0.306 e. The number of nitrogens with two attached hydrogens (primary N) is 1. The molecule has 34 heavy (non-hydrogen) atoms. The molecular formula is C26H40ClNO6. The number of allylic oxidation sites excluding steroid dienone is 1. The minimum absolute atomic E-state index is 0. The van der Waals surface area contributed by atoms with E-state index in [0.717, 1.165) is 31.3 Å². The summed E-state index contributed by atoms with van der Waals surface area (Å²) in [6.45, 7) is 4.19. The van der Waals surface area contributed by atoms with Crippen molar-refractivity contribution in [3.8, 4) is 0 Å². The average Bonchev–Trinajstić information content (AvgIpc) is 3.03. The van der Waals surface area contributed by atoms with E-state index in [2.05, 4.69) is 6.92 Å². The minimum Gasteiger partial charge on any atom is -0.458 e. The predicted octanol–water partition coefficient (Wildman–Crippen LogP) is 2.88. The number of halogens is 1. The van der Waals surface area contributed by atoms with E-state index < -0.39 is 35.5 Å². The summed E-state index contributed by atoms with van der Waals surface area (Å²) >= 11 is 0. The average molecular weight is 498 g/mol. The largest absolute Gasteiger partial charge is 0.458 e. The van der Waals surface area contributed by atoms with Crippen LogP contribution in [0.4, 0.5) is 0 Å². The van der Waals surface area contributed by atoms with Crippen LogP contribution in [0, 0.1) is 28.6 Å². The lowest BCUT2D eigenvalue weighted by molar-refractivity contribution is -0.184. The molecule has 0 aromatic heterocycles. The summed E-state index contributed by atoms with van der Waals surface area (Å²) in [6.07, 6.45) is 7.01. The van der Waals surface area contributed by atoms with Gasteiger partial charge in [0.15, 0.2) is 12.4 Å². The normalized spacial score (nSPS) is 40.9. The number of carbonyl (C=O) groups is 3. The Morgan fingerprint density at radius 1 is 1.18 bits per heavy atom. The van der Waals surface area contributed by atoms with Gasteiger partial charge in [-0.25, -0.2) is 0 Å². The van der Waals surface area contributed by atoms with Crippen molar-refractivity contribution in [2.75, 3.05) is 13.2 Å². The molecule has 4 rings (SSSR count). The maximum atomic E-state index is 13.2. The topological polar surface area (TPSA) is 127 Å². The van der Waals surface area contributed by atoms with Gasteiger partial charge in [0.05, 0.1) is 6.10 Å². The Bertz CT molecular complexity index is 860. The second kappa shape index (κ2) is 10.00. The van der Waals surface area contributed by atoms with Crippen molar-refractivity contribution in [1.82, 2.24) is 0 Å². The van der Waals surface area contributed by atoms with Crippen LogP contribution in [0.5, 0.6) is 0 Å². The Morgan fingerprint density at radius 3 is 2.62 bits per heavy atom. The molecule has 4 N–H and O–H groups in total. The SMILES string of the molecule is C[C@]12CCC(=O)C=C1CC[C@@H]1[C@@H]2[C@@H](O)C[C@@]2(C)[C@H]1CC[C@]2(O)C(=O)COC(=O)CCCCN.Cl. The molecule has 3 saturated carbocycles. The molecule has 7 atom stereocenters. The van der Waals surface area contributed by atoms with Crippen molar-refractivity contribution >= 4 is 29.9 Å². The maximum absolute atomic E-state index is 13.2. The highest BCUT2D eigenvalue weighted by molar-refractivity contribution is 5.92. The van der Waals surface area contributed by atoms with Gasteiger partial charge in [-0.05, 0) is 87.2 Å². The van der Waals surface area contributed by atoms with E-state index in [1.807, 2.05) is 6.92 Å². The Balaban J connectivity index is 0.00000324. The number of ketones is 2. The van der Waals surface area contributed by atoms with Crippen LogP contribution in [0.15, 0.2) is 11.6 Å². The number of aliphatic hydroxyl groups is 2. The lowest BCUT2D eigenvalue weighted by atomic mass is 9.45. The summed E-state index contributed by atoms with van der Waals surface area (Å²) in [5.41, 5.74) is 4.02. The van der Waals surface area contributed by atoms with E-state index in [1.165, 1.54) is 0 Å². The first kappa shape index (κ1) is 27.3. The molecule has 0 unspecified atom stereocenters. The Morgan fingerprint density at radius 2 is 1.91 bits per heavy atom. The van der Waals surface area contributed by atoms with Gasteiger partial charge in [0.1, 0.15) is 5.60 Å². The number of esters is 1. The van der Waals surface area contributed by atoms with Gasteiger partial charge in [-0.15, -0.1) is 12.4 Å². The summed E-state index contributed by atoms with van der Waals surface area (Å²) in [6, 6.07) is 0. The number of fused-ring (bicyclic) bond motifs is 5. The highest BCUT2D eigenvalue weighted by atomic mass is 35.5. The van der Waals surface area contributed by atoms with Gasteiger partial charge in [-0.3, -0.25) is 14.4 Å². The zero-order valence-corrected chi connectivity index (χ0v) is 21.2. The predicted molar refractivity (Wildman–Crippen MR) is 129 cm³/mol. The van der Waals surface area contributed by atoms with Gasteiger partial charge in [0, 0.05) is 18.3 Å². The van der Waals surface area contributed by atoms with E-state index in [1.54, 1.807) is 6.08 Å². The monoisotopic (exact) mass is 497 g/mol. The highest BCUT2D eigenvalue weighted by Crippen LogP contribution is 2.67. The molecule has 7 nitrogen and oxygen atoms in total. The zero-order chi connectivity index (χ0) is 24.0. The van der Waals surface area contributed by atoms with Crippen LogP contribution in [0.1, 0.15) is 78.1 Å². The first-order valence-corrected chi connectivity index (χ1v) is 12.6. The van der Waals surface area contributed by atoms with Gasteiger partial charge >= 0.3 is 5.97 Å². The summed E-state index contributed by atoms with van der Waals surface area (Å²) in [7, 11) is 0. The molecule has 0 heterocycles. The van der Waals surface area contributed by atoms with Crippen LogP contribution in [0.2, 0.25) is 0 Å². The minimum atomic E-state index is -1.61. The van der Waals surface area contributed by atoms with Gasteiger partial charge in [0.2, 0.25) is 5.78 Å². The van der Waals surface area contributed by atoms with Crippen molar-refractivity contribution in [3.63, 3.8) is 0 Å². The number of hydrogen-bond donors (Lipinski definition) is 3. The molecule has 192 valence electrons. The van der Waals surface area contributed by atoms with Crippen molar-refractivity contribution < 1.29 is 29.3 Å². The fourth-order valence-electron chi connectivity index (χ4n) is 7.90. The fraction of sp³-hybridized carbons (Fsp3) is 0.808. The summed E-state index contributed by atoms with van der Waals surface area (Å²) in [4.78, 5) is 37.2. The number of aliphatic hydroxyl groups excluding tert-OH is 1. The molecule has 3 fully saturated rings. The quantitative estimate of drug-likeness (QED) is 0.364. The number of unbranched alkanes of at least 4 members (excludes halogenated alkanes) is 1. The third kappa shape index (κ3) is 4.27. The van der Waals surface area contributed by atoms with Crippen molar-refractivity contribution in [2.45, 2.75) is 89.8 Å². The van der Waals surface area contributed by atoms with Gasteiger partial charge in [-0.2, -0.15) is 0 Å². The van der Waals surface area contributed by atoms with E-state index >= 15 is 0 Å². The first-order valence-electron chi connectivity index (χ1n) is 12.6. The Kier molecular flexibility index (Phi) is 8.03. The molecule has 0 saturated heterocycles. The Labute approximate surface area is 208 Å². The molecule has 0 spiro atoms. The number of hydrogen-bond acceptors (Lipinski definition) is 7. The molecule has 0 bridgehead atoms. The summed E-state index contributed by atoms with van der Waals surface area (Å²) < 4.78 is 5.19. The van der Waals surface area contributed by atoms with E-state index in [9.17, 15) is 24.6 Å². The zero-order valence-electron chi connectivity index (χ0n) is 20.4. The lowest BCUT2D eigenvalue weighted by Crippen LogP contribution is -2.62. The number of Topliss-reactive ketones (excluding diaryl/α,β-unsaturated/α-hetero) is 1. The molecule has 0 aliphatic heterocycles. The van der Waals surface area contributed by atoms with Crippen LogP contribution < -0.4 is 5.73 Å². The molecule has 0 aromatic carbocycles. The van der Waals surface area contributed by atoms with Crippen LogP contribution in [-0.2, 0) is 19.1 Å². The third-order valence-corrected chi connectivity index (χ3v) is 9.71. The third-order valence-electron chi connectivity index (χ3n) is 9.71.